The number of benzene rings is 1. The van der Waals surface area contributed by atoms with Crippen LogP contribution in [0, 0.1) is 0 Å². The average Bonchev–Trinajstić information content (AvgIpc) is 2.75. The second-order valence-corrected chi connectivity index (χ2v) is 3.51. The largest absolute Gasteiger partial charge is 0.480 e. The molecule has 4 N–H and O–H groups in total. The molecular formula is C12H14N2O3. The van der Waals surface area contributed by atoms with Crippen LogP contribution in [0.25, 0.3) is 10.9 Å². The Morgan fingerprint density at radius 1 is 1.41 bits per heavy atom. The van der Waals surface area contributed by atoms with Gasteiger partial charge < -0.3 is 20.6 Å². The van der Waals surface area contributed by atoms with Crippen LogP contribution in [0.2, 0.25) is 0 Å². The lowest BCUT2D eigenvalue weighted by molar-refractivity contribution is -0.138. The van der Waals surface area contributed by atoms with Gasteiger partial charge in [-0.05, 0) is 11.6 Å². The van der Waals surface area contributed by atoms with Crippen molar-refractivity contribution in [3.05, 3.63) is 36.0 Å². The molecule has 5 heteroatoms. The van der Waals surface area contributed by atoms with E-state index in [4.69, 9.17) is 15.6 Å². The molecule has 1 aromatic carbocycles. The molecule has 0 spiro atoms. The highest BCUT2D eigenvalue weighted by atomic mass is 16.4. The van der Waals surface area contributed by atoms with Crippen LogP contribution in [0.3, 0.4) is 0 Å². The van der Waals surface area contributed by atoms with E-state index in [2.05, 4.69) is 4.98 Å². The minimum absolute atomic E-state index is 0.347. The number of aromatic nitrogens is 1. The van der Waals surface area contributed by atoms with Crippen molar-refractivity contribution < 1.29 is 14.7 Å². The van der Waals surface area contributed by atoms with Crippen LogP contribution >= 0.6 is 0 Å². The molecular weight excluding hydrogens is 220 g/mol. The fraction of sp³-hybridized carbons (Fsp3) is 0.167. The molecule has 2 rings (SSSR count). The van der Waals surface area contributed by atoms with Crippen LogP contribution in [0.1, 0.15) is 5.56 Å². The van der Waals surface area contributed by atoms with Crippen LogP contribution in [0.5, 0.6) is 0 Å². The first-order valence-corrected chi connectivity index (χ1v) is 5.00. The van der Waals surface area contributed by atoms with E-state index in [1.165, 1.54) is 0 Å². The molecule has 90 valence electrons. The number of aromatic amines is 1. The molecule has 1 unspecified atom stereocenters. The number of carboxylic acids is 1. The highest BCUT2D eigenvalue weighted by Gasteiger charge is 2.14. The molecule has 0 aliphatic heterocycles. The lowest BCUT2D eigenvalue weighted by Crippen LogP contribution is -2.32. The third-order valence-corrected chi connectivity index (χ3v) is 2.43. The number of carboxylic acid groups (broad SMARTS) is 1. The molecule has 0 radical (unpaired) electrons. The summed E-state index contributed by atoms with van der Waals surface area (Å²) in [5, 5.41) is 9.75. The van der Waals surface area contributed by atoms with Crippen molar-refractivity contribution in [1.29, 1.82) is 0 Å². The summed E-state index contributed by atoms with van der Waals surface area (Å²) in [6.45, 7) is 2.00. The van der Waals surface area contributed by atoms with Crippen molar-refractivity contribution in [2.24, 2.45) is 5.73 Å². The van der Waals surface area contributed by atoms with Gasteiger partial charge in [0, 0.05) is 23.5 Å². The first-order chi connectivity index (χ1) is 8.18. The number of hydrogen-bond acceptors (Lipinski definition) is 3. The van der Waals surface area contributed by atoms with E-state index in [1.807, 2.05) is 37.3 Å². The van der Waals surface area contributed by atoms with Crippen molar-refractivity contribution in [1.82, 2.24) is 4.98 Å². The number of nitrogens with two attached hydrogens (primary N) is 1. The number of para-hydroxylation sites is 1. The summed E-state index contributed by atoms with van der Waals surface area (Å²) in [5.74, 6) is -0.972. The van der Waals surface area contributed by atoms with Gasteiger partial charge in [-0.1, -0.05) is 18.2 Å². The third kappa shape index (κ3) is 2.92. The zero-order valence-corrected chi connectivity index (χ0v) is 9.22. The van der Waals surface area contributed by atoms with E-state index < -0.39 is 12.0 Å². The first-order valence-electron chi connectivity index (χ1n) is 5.00. The Bertz CT molecular complexity index is 507. The molecule has 0 amide bonds. The molecule has 0 saturated heterocycles. The van der Waals surface area contributed by atoms with Crippen LogP contribution in [-0.4, -0.2) is 28.9 Å². The van der Waals surface area contributed by atoms with Gasteiger partial charge in [0.1, 0.15) is 12.8 Å². The number of aliphatic carboxylic acids is 1. The fourth-order valence-corrected chi connectivity index (χ4v) is 1.62. The minimum Gasteiger partial charge on any atom is -0.480 e. The van der Waals surface area contributed by atoms with Crippen molar-refractivity contribution in [2.45, 2.75) is 12.5 Å². The minimum atomic E-state index is -0.972. The standard InChI is InChI=1S/C11H12N2O2.CH2O/c12-9(11(14)15)5-7-6-13-10-4-2-1-3-8(7)10;1-2/h1-4,6,9,13H,5,12H2,(H,14,15);1H2. The molecule has 0 aliphatic rings. The lowest BCUT2D eigenvalue weighted by atomic mass is 10.1. The molecule has 17 heavy (non-hydrogen) atoms. The van der Waals surface area contributed by atoms with Gasteiger partial charge in [-0.25, -0.2) is 0 Å². The Morgan fingerprint density at radius 2 is 2.06 bits per heavy atom. The van der Waals surface area contributed by atoms with Crippen LogP contribution in [0.15, 0.2) is 30.5 Å². The monoisotopic (exact) mass is 234 g/mol. The number of carbonyl (C=O) groups is 2. The van der Waals surface area contributed by atoms with Gasteiger partial charge in [0.15, 0.2) is 0 Å². The van der Waals surface area contributed by atoms with E-state index in [1.54, 1.807) is 0 Å². The molecule has 2 aromatic rings. The maximum atomic E-state index is 10.6. The third-order valence-electron chi connectivity index (χ3n) is 2.43. The smallest absolute Gasteiger partial charge is 0.320 e. The molecule has 5 nitrogen and oxygen atoms in total. The number of H-pyrrole nitrogens is 1. The lowest BCUT2D eigenvalue weighted by Gasteiger charge is -2.04. The summed E-state index contributed by atoms with van der Waals surface area (Å²) in [6.07, 6.45) is 2.16. The summed E-state index contributed by atoms with van der Waals surface area (Å²) in [7, 11) is 0. The highest BCUT2D eigenvalue weighted by Crippen LogP contribution is 2.18. The van der Waals surface area contributed by atoms with Gasteiger partial charge in [-0.15, -0.1) is 0 Å². The average molecular weight is 234 g/mol. The second kappa shape index (κ2) is 5.81. The van der Waals surface area contributed by atoms with Gasteiger partial charge in [0.05, 0.1) is 0 Å². The van der Waals surface area contributed by atoms with E-state index >= 15 is 0 Å². The zero-order valence-electron chi connectivity index (χ0n) is 9.22. The summed E-state index contributed by atoms with van der Waals surface area (Å²) in [4.78, 5) is 21.7. The van der Waals surface area contributed by atoms with Gasteiger partial charge >= 0.3 is 5.97 Å². The molecule has 0 fully saturated rings. The summed E-state index contributed by atoms with van der Waals surface area (Å²) in [6, 6.07) is 6.91. The summed E-state index contributed by atoms with van der Waals surface area (Å²) < 4.78 is 0. The predicted octanol–water partition coefficient (Wildman–Crippen LogP) is 0.937. The van der Waals surface area contributed by atoms with Crippen molar-refractivity contribution >= 4 is 23.7 Å². The Balaban J connectivity index is 0.000000686. The molecule has 1 heterocycles. The zero-order chi connectivity index (χ0) is 12.8. The predicted molar refractivity (Wildman–Crippen MR) is 64.7 cm³/mol. The number of fused-ring (bicyclic) bond motifs is 1. The molecule has 1 atom stereocenters. The van der Waals surface area contributed by atoms with E-state index in [-0.39, 0.29) is 0 Å². The number of carbonyl (C=O) groups excluding carboxylic acids is 1. The van der Waals surface area contributed by atoms with Crippen LogP contribution in [-0.2, 0) is 16.0 Å². The SMILES string of the molecule is C=O.NC(Cc1c[nH]c2ccccc12)C(=O)O. The van der Waals surface area contributed by atoms with Gasteiger partial charge in [0.25, 0.3) is 0 Å². The Labute approximate surface area is 98.2 Å². The summed E-state index contributed by atoms with van der Waals surface area (Å²) in [5.41, 5.74) is 7.43. The Kier molecular flexibility index (Phi) is 4.42. The van der Waals surface area contributed by atoms with Crippen molar-refractivity contribution in [3.8, 4) is 0 Å². The van der Waals surface area contributed by atoms with Crippen molar-refractivity contribution in [2.75, 3.05) is 0 Å². The van der Waals surface area contributed by atoms with E-state index in [0.29, 0.717) is 6.42 Å². The first kappa shape index (κ1) is 12.9. The van der Waals surface area contributed by atoms with Crippen LogP contribution in [0.4, 0.5) is 0 Å². The topological polar surface area (TPSA) is 96.2 Å². The second-order valence-electron chi connectivity index (χ2n) is 3.51. The number of nitrogens with one attached hydrogen (secondary N) is 1. The Morgan fingerprint density at radius 3 is 2.71 bits per heavy atom. The summed E-state index contributed by atoms with van der Waals surface area (Å²) >= 11 is 0. The number of rotatable bonds is 3. The molecule has 0 aliphatic carbocycles. The Hall–Kier alpha value is -2.14. The van der Waals surface area contributed by atoms with Gasteiger partial charge in [0.2, 0.25) is 0 Å². The normalized spacial score (nSPS) is 11.6. The van der Waals surface area contributed by atoms with Crippen LogP contribution < -0.4 is 5.73 Å². The molecule has 0 saturated carbocycles. The molecule has 0 bridgehead atoms. The van der Waals surface area contributed by atoms with Gasteiger partial charge in [-0.2, -0.15) is 0 Å². The van der Waals surface area contributed by atoms with Gasteiger partial charge in [-0.3, -0.25) is 4.79 Å². The highest BCUT2D eigenvalue weighted by molar-refractivity contribution is 5.84. The van der Waals surface area contributed by atoms with Crippen molar-refractivity contribution in [3.63, 3.8) is 0 Å². The molecule has 1 aromatic heterocycles. The quantitative estimate of drug-likeness (QED) is 0.736. The fourth-order valence-electron chi connectivity index (χ4n) is 1.62. The maximum absolute atomic E-state index is 10.6. The maximum Gasteiger partial charge on any atom is 0.320 e. The number of hydrogen-bond donors (Lipinski definition) is 3. The van der Waals surface area contributed by atoms with E-state index in [9.17, 15) is 4.79 Å². The van der Waals surface area contributed by atoms with E-state index in [0.717, 1.165) is 16.5 Å².